The average Bonchev–Trinajstić information content (AvgIpc) is 2.80. The Morgan fingerprint density at radius 2 is 1.68 bits per heavy atom. The highest BCUT2D eigenvalue weighted by molar-refractivity contribution is 5.72. The number of hydrogen-bond acceptors (Lipinski definition) is 4. The summed E-state index contributed by atoms with van der Waals surface area (Å²) in [6.07, 6.45) is 3.00. The largest absolute Gasteiger partial charge is 0.465 e. The van der Waals surface area contributed by atoms with Crippen LogP contribution in [0.3, 0.4) is 0 Å². The van der Waals surface area contributed by atoms with E-state index in [0.717, 1.165) is 19.3 Å². The zero-order valence-corrected chi connectivity index (χ0v) is 14.8. The molecule has 4 nitrogen and oxygen atoms in total. The lowest BCUT2D eigenvalue weighted by Crippen LogP contribution is -2.43. The molecule has 22 heavy (non-hydrogen) atoms. The van der Waals surface area contributed by atoms with Gasteiger partial charge < -0.3 is 9.47 Å². The fraction of sp³-hybridized carbons (Fsp3) is 0.889. The maximum Gasteiger partial charge on any atom is 0.308 e. The van der Waals surface area contributed by atoms with Gasteiger partial charge in [-0.2, -0.15) is 0 Å². The van der Waals surface area contributed by atoms with E-state index < -0.39 is 0 Å². The summed E-state index contributed by atoms with van der Waals surface area (Å²) in [5, 5.41) is 0. The van der Waals surface area contributed by atoms with Crippen molar-refractivity contribution in [3.05, 3.63) is 0 Å². The van der Waals surface area contributed by atoms with Gasteiger partial charge >= 0.3 is 11.9 Å². The molecule has 0 amide bonds. The lowest BCUT2D eigenvalue weighted by atomic mass is 9.69. The van der Waals surface area contributed by atoms with E-state index in [1.807, 2.05) is 27.7 Å². The first kappa shape index (κ1) is 17.3. The molecule has 2 aliphatic rings. The van der Waals surface area contributed by atoms with Crippen LogP contribution in [0.1, 0.15) is 60.8 Å². The minimum Gasteiger partial charge on any atom is -0.465 e. The average molecular weight is 310 g/mol. The quantitative estimate of drug-likeness (QED) is 0.728. The molecule has 2 aliphatic carbocycles. The number of esters is 2. The number of ether oxygens (including phenoxy) is 2. The Labute approximate surface area is 133 Å². The predicted molar refractivity (Wildman–Crippen MR) is 84.1 cm³/mol. The van der Waals surface area contributed by atoms with Crippen molar-refractivity contribution < 1.29 is 19.1 Å². The zero-order valence-electron chi connectivity index (χ0n) is 14.8. The van der Waals surface area contributed by atoms with Gasteiger partial charge in [0.15, 0.2) is 0 Å². The van der Waals surface area contributed by atoms with Gasteiger partial charge in [-0.1, -0.05) is 41.5 Å². The third-order valence-electron chi connectivity index (χ3n) is 6.14. The van der Waals surface area contributed by atoms with Gasteiger partial charge in [-0.05, 0) is 25.2 Å². The smallest absolute Gasteiger partial charge is 0.308 e. The Bertz CT molecular complexity index is 454. The van der Waals surface area contributed by atoms with E-state index in [9.17, 15) is 9.59 Å². The highest BCUT2D eigenvalue weighted by Crippen LogP contribution is 2.66. The van der Waals surface area contributed by atoms with Crippen molar-refractivity contribution >= 4 is 11.9 Å². The van der Waals surface area contributed by atoms with Crippen LogP contribution in [0, 0.1) is 28.6 Å². The number of fused-ring (bicyclic) bond motifs is 2. The fourth-order valence-corrected chi connectivity index (χ4v) is 4.09. The van der Waals surface area contributed by atoms with Gasteiger partial charge in [0.1, 0.15) is 6.10 Å². The van der Waals surface area contributed by atoms with Crippen molar-refractivity contribution in [1.82, 2.24) is 0 Å². The highest BCUT2D eigenvalue weighted by atomic mass is 16.5. The lowest BCUT2D eigenvalue weighted by Gasteiger charge is -2.40. The normalized spacial score (nSPS) is 36.9. The third kappa shape index (κ3) is 2.65. The van der Waals surface area contributed by atoms with Crippen LogP contribution in [0.25, 0.3) is 0 Å². The number of carbonyl (C=O) groups is 2. The van der Waals surface area contributed by atoms with E-state index in [0.29, 0.717) is 12.5 Å². The Balaban J connectivity index is 2.10. The van der Waals surface area contributed by atoms with Gasteiger partial charge in [-0.15, -0.1) is 0 Å². The fourth-order valence-electron chi connectivity index (χ4n) is 4.09. The lowest BCUT2D eigenvalue weighted by molar-refractivity contribution is -0.165. The zero-order chi connectivity index (χ0) is 16.7. The van der Waals surface area contributed by atoms with Crippen LogP contribution < -0.4 is 0 Å². The van der Waals surface area contributed by atoms with E-state index in [4.69, 9.17) is 9.47 Å². The highest BCUT2D eigenvalue weighted by Gasteiger charge is 2.65. The number of carbonyl (C=O) groups excluding carboxylic acids is 2. The summed E-state index contributed by atoms with van der Waals surface area (Å²) in [6.45, 7) is 12.2. The first-order valence-electron chi connectivity index (χ1n) is 8.49. The minimum atomic E-state index is -0.146. The van der Waals surface area contributed by atoms with Gasteiger partial charge in [-0.3, -0.25) is 9.59 Å². The van der Waals surface area contributed by atoms with Crippen LogP contribution in [0.15, 0.2) is 0 Å². The summed E-state index contributed by atoms with van der Waals surface area (Å²) >= 11 is 0. The summed E-state index contributed by atoms with van der Waals surface area (Å²) in [5.41, 5.74) is -0.195. The summed E-state index contributed by atoms with van der Waals surface area (Å²) in [4.78, 5) is 23.8. The topological polar surface area (TPSA) is 52.6 Å². The molecule has 0 saturated heterocycles. The maximum atomic E-state index is 12.0. The Morgan fingerprint density at radius 3 is 2.23 bits per heavy atom. The van der Waals surface area contributed by atoms with Crippen LogP contribution in [0.5, 0.6) is 0 Å². The van der Waals surface area contributed by atoms with Crippen molar-refractivity contribution in [1.29, 1.82) is 0 Å². The molecule has 2 fully saturated rings. The van der Waals surface area contributed by atoms with Crippen LogP contribution in [0.4, 0.5) is 0 Å². The second-order valence-corrected chi connectivity index (χ2v) is 8.15. The Hall–Kier alpha value is -1.06. The molecule has 2 bridgehead atoms. The van der Waals surface area contributed by atoms with Crippen molar-refractivity contribution in [3.8, 4) is 0 Å². The second-order valence-electron chi connectivity index (χ2n) is 8.15. The van der Waals surface area contributed by atoms with E-state index in [1.165, 1.54) is 0 Å². The summed E-state index contributed by atoms with van der Waals surface area (Å²) in [5.74, 6) is -0.0210. The van der Waals surface area contributed by atoms with Gasteiger partial charge in [0, 0.05) is 10.8 Å². The molecule has 0 N–H and O–H groups in total. The number of hydrogen-bond donors (Lipinski definition) is 0. The van der Waals surface area contributed by atoms with Crippen molar-refractivity contribution in [2.75, 3.05) is 6.61 Å². The monoisotopic (exact) mass is 310 g/mol. The molecular weight excluding hydrogens is 280 g/mol. The molecule has 126 valence electrons. The van der Waals surface area contributed by atoms with Crippen LogP contribution >= 0.6 is 0 Å². The molecule has 0 aromatic heterocycles. The third-order valence-corrected chi connectivity index (χ3v) is 6.14. The molecule has 2 saturated carbocycles. The molecular formula is C18H30O4. The van der Waals surface area contributed by atoms with Crippen LogP contribution in [-0.4, -0.2) is 24.6 Å². The van der Waals surface area contributed by atoms with Crippen LogP contribution in [0.2, 0.25) is 0 Å². The summed E-state index contributed by atoms with van der Waals surface area (Å²) in [7, 11) is 0. The Morgan fingerprint density at radius 1 is 1.09 bits per heavy atom. The maximum absolute atomic E-state index is 12.0. The molecule has 0 radical (unpaired) electrons. The van der Waals surface area contributed by atoms with Crippen LogP contribution in [-0.2, 0) is 19.1 Å². The first-order valence-corrected chi connectivity index (χ1v) is 8.49. The second kappa shape index (κ2) is 5.86. The van der Waals surface area contributed by atoms with E-state index in [-0.39, 0.29) is 40.7 Å². The molecule has 0 unspecified atom stereocenters. The Kier molecular flexibility index (Phi) is 4.61. The predicted octanol–water partition coefficient (Wildman–Crippen LogP) is 3.58. The number of rotatable bonds is 5. The molecule has 4 atom stereocenters. The van der Waals surface area contributed by atoms with Gasteiger partial charge in [0.2, 0.25) is 0 Å². The van der Waals surface area contributed by atoms with Crippen molar-refractivity contribution in [3.63, 3.8) is 0 Å². The first-order chi connectivity index (χ1) is 10.1. The van der Waals surface area contributed by atoms with Gasteiger partial charge in [0.05, 0.1) is 18.4 Å². The van der Waals surface area contributed by atoms with E-state index >= 15 is 0 Å². The molecule has 0 aromatic rings. The standard InChI is InChI=1S/C18H30O4/c1-11(2)15(19)21-10-18(6)13-7-8-17(18,5)14(9-13)22-16(20)12(3)4/h11-14H,7-10H2,1-6H3/t13-,14-,17+,18-/m1/s1. The van der Waals surface area contributed by atoms with Gasteiger partial charge in [-0.25, -0.2) is 0 Å². The molecule has 2 rings (SSSR count). The SMILES string of the molecule is CC(C)C(=O)OC[C@]1(C)[C@@H]2CC[C@@]1(C)[C@H](OC(=O)C(C)C)C2. The molecule has 0 heterocycles. The molecule has 0 aliphatic heterocycles. The van der Waals surface area contributed by atoms with Crippen molar-refractivity contribution in [2.24, 2.45) is 28.6 Å². The van der Waals surface area contributed by atoms with Crippen molar-refractivity contribution in [2.45, 2.75) is 66.9 Å². The molecule has 0 spiro atoms. The van der Waals surface area contributed by atoms with E-state index in [1.54, 1.807) is 0 Å². The summed E-state index contributed by atoms with van der Waals surface area (Å²) in [6, 6.07) is 0. The molecule has 0 aromatic carbocycles. The van der Waals surface area contributed by atoms with Gasteiger partial charge in [0.25, 0.3) is 0 Å². The van der Waals surface area contributed by atoms with E-state index in [2.05, 4.69) is 13.8 Å². The molecule has 4 heteroatoms. The minimum absolute atomic E-state index is 0.0519. The summed E-state index contributed by atoms with van der Waals surface area (Å²) < 4.78 is 11.3.